The lowest BCUT2D eigenvalue weighted by Gasteiger charge is -2.34. The lowest BCUT2D eigenvalue weighted by Crippen LogP contribution is -2.44. The highest BCUT2D eigenvalue weighted by Crippen LogP contribution is 2.31. The first-order chi connectivity index (χ1) is 13.2. The van der Waals surface area contributed by atoms with Crippen molar-refractivity contribution in [1.29, 1.82) is 0 Å². The highest BCUT2D eigenvalue weighted by molar-refractivity contribution is 5.94. The summed E-state index contributed by atoms with van der Waals surface area (Å²) in [6, 6.07) is 7.98. The number of rotatable bonds is 6. The highest BCUT2D eigenvalue weighted by atomic mass is 16.5. The normalized spacial score (nSPS) is 21.9. The fourth-order valence-corrected chi connectivity index (χ4v) is 3.64. The summed E-state index contributed by atoms with van der Waals surface area (Å²) >= 11 is 0. The maximum atomic E-state index is 12.0. The Kier molecular flexibility index (Phi) is 6.68. The summed E-state index contributed by atoms with van der Waals surface area (Å²) in [5.74, 6) is 0.935. The molecule has 1 unspecified atom stereocenters. The van der Waals surface area contributed by atoms with Crippen LogP contribution in [0, 0.1) is 0 Å². The minimum absolute atomic E-state index is 0.0583. The van der Waals surface area contributed by atoms with E-state index in [9.17, 15) is 4.79 Å². The van der Waals surface area contributed by atoms with Gasteiger partial charge in [-0.05, 0) is 18.6 Å². The third-order valence-corrected chi connectivity index (χ3v) is 5.33. The molecule has 1 atom stereocenters. The molecular formula is C20H30N4O3. The summed E-state index contributed by atoms with van der Waals surface area (Å²) in [4.78, 5) is 16.8. The summed E-state index contributed by atoms with van der Waals surface area (Å²) in [5.41, 5.74) is 1.82. The van der Waals surface area contributed by atoms with Gasteiger partial charge in [0.1, 0.15) is 0 Å². The van der Waals surface area contributed by atoms with E-state index in [1.165, 1.54) is 5.56 Å². The molecule has 148 valence electrons. The minimum Gasteiger partial charge on any atom is -0.381 e. The average Bonchev–Trinajstić information content (AvgIpc) is 2.70. The number of amides is 1. The second-order valence-electron chi connectivity index (χ2n) is 7.11. The van der Waals surface area contributed by atoms with Crippen LogP contribution in [0.5, 0.6) is 0 Å². The largest absolute Gasteiger partial charge is 0.381 e. The Morgan fingerprint density at radius 3 is 2.85 bits per heavy atom. The van der Waals surface area contributed by atoms with Crippen molar-refractivity contribution in [1.82, 2.24) is 10.6 Å². The number of guanidine groups is 1. The summed E-state index contributed by atoms with van der Waals surface area (Å²) in [5, 5.41) is 9.64. The Morgan fingerprint density at radius 1 is 1.33 bits per heavy atom. The van der Waals surface area contributed by atoms with Gasteiger partial charge in [0, 0.05) is 64.3 Å². The van der Waals surface area contributed by atoms with Crippen molar-refractivity contribution in [3.8, 4) is 0 Å². The Balaban J connectivity index is 1.65. The molecule has 27 heavy (non-hydrogen) atoms. The molecule has 7 heteroatoms. The molecule has 2 heterocycles. The van der Waals surface area contributed by atoms with Gasteiger partial charge in [0.05, 0.1) is 12.1 Å². The highest BCUT2D eigenvalue weighted by Gasteiger charge is 2.32. The molecule has 1 saturated heterocycles. The molecule has 2 aliphatic heterocycles. The van der Waals surface area contributed by atoms with Gasteiger partial charge < -0.3 is 25.4 Å². The monoisotopic (exact) mass is 374 g/mol. The van der Waals surface area contributed by atoms with Gasteiger partial charge in [0.25, 0.3) is 0 Å². The van der Waals surface area contributed by atoms with Crippen LogP contribution in [-0.4, -0.2) is 57.4 Å². The topological polar surface area (TPSA) is 84.0 Å². The molecule has 7 nitrogen and oxygen atoms in total. The molecular weight excluding hydrogens is 344 g/mol. The van der Waals surface area contributed by atoms with Crippen LogP contribution in [0.4, 0.5) is 5.69 Å². The number of carbonyl (C=O) groups excluding carboxylic acids is 1. The van der Waals surface area contributed by atoms with Crippen LogP contribution >= 0.6 is 0 Å². The van der Waals surface area contributed by atoms with Crippen LogP contribution < -0.4 is 16.0 Å². The van der Waals surface area contributed by atoms with E-state index >= 15 is 0 Å². The Hall–Kier alpha value is -2.12. The number of aliphatic imine (C=N–C) groups is 1. The zero-order valence-corrected chi connectivity index (χ0v) is 16.2. The molecule has 3 N–H and O–H groups in total. The number of hydrogen-bond donors (Lipinski definition) is 3. The first kappa shape index (κ1) is 19.6. The first-order valence-corrected chi connectivity index (χ1v) is 9.69. The lowest BCUT2D eigenvalue weighted by molar-refractivity contribution is -0.116. The van der Waals surface area contributed by atoms with Gasteiger partial charge in [-0.2, -0.15) is 0 Å². The summed E-state index contributed by atoms with van der Waals surface area (Å²) in [7, 11) is 1.75. The van der Waals surface area contributed by atoms with Crippen molar-refractivity contribution >= 4 is 17.6 Å². The number of benzene rings is 1. The number of nitrogens with one attached hydrogen (secondary N) is 3. The van der Waals surface area contributed by atoms with Gasteiger partial charge in [-0.25, -0.2) is 0 Å². The molecule has 0 bridgehead atoms. The quantitative estimate of drug-likeness (QED) is 0.523. The molecule has 0 aliphatic carbocycles. The van der Waals surface area contributed by atoms with Gasteiger partial charge in [-0.3, -0.25) is 9.79 Å². The smallest absolute Gasteiger partial charge is 0.225 e. The summed E-state index contributed by atoms with van der Waals surface area (Å²) in [6.45, 7) is 5.48. The van der Waals surface area contributed by atoms with Crippen molar-refractivity contribution in [2.24, 2.45) is 4.99 Å². The van der Waals surface area contributed by atoms with E-state index in [2.05, 4.69) is 22.0 Å². The number of fused-ring (bicyclic) bond motifs is 1. The number of hydrogen-bond acceptors (Lipinski definition) is 4. The van der Waals surface area contributed by atoms with Gasteiger partial charge in [-0.1, -0.05) is 18.2 Å². The Bertz CT molecular complexity index is 671. The molecule has 0 spiro atoms. The van der Waals surface area contributed by atoms with E-state index in [-0.39, 0.29) is 17.4 Å². The van der Waals surface area contributed by atoms with Gasteiger partial charge in [-0.15, -0.1) is 0 Å². The van der Waals surface area contributed by atoms with E-state index in [4.69, 9.17) is 14.5 Å². The van der Waals surface area contributed by atoms with Crippen LogP contribution in [-0.2, 0) is 14.3 Å². The van der Waals surface area contributed by atoms with Crippen molar-refractivity contribution < 1.29 is 14.3 Å². The molecule has 0 aromatic heterocycles. The fourth-order valence-electron chi connectivity index (χ4n) is 3.64. The Morgan fingerprint density at radius 2 is 2.11 bits per heavy atom. The molecule has 1 fully saturated rings. The lowest BCUT2D eigenvalue weighted by atomic mass is 9.90. The van der Waals surface area contributed by atoms with Crippen molar-refractivity contribution in [2.45, 2.75) is 37.7 Å². The van der Waals surface area contributed by atoms with E-state index in [0.717, 1.165) is 31.0 Å². The van der Waals surface area contributed by atoms with Gasteiger partial charge in [0.15, 0.2) is 5.96 Å². The Labute approximate surface area is 160 Å². The second kappa shape index (κ2) is 9.19. The van der Waals surface area contributed by atoms with Crippen molar-refractivity contribution in [3.63, 3.8) is 0 Å². The van der Waals surface area contributed by atoms with Crippen LogP contribution in [0.1, 0.15) is 37.7 Å². The van der Waals surface area contributed by atoms with Crippen LogP contribution in [0.25, 0.3) is 0 Å². The number of carbonyl (C=O) groups is 1. The maximum absolute atomic E-state index is 12.0. The number of para-hydroxylation sites is 1. The predicted octanol–water partition coefficient (Wildman–Crippen LogP) is 1.86. The van der Waals surface area contributed by atoms with Crippen LogP contribution in [0.15, 0.2) is 29.3 Å². The van der Waals surface area contributed by atoms with Crippen LogP contribution in [0.2, 0.25) is 0 Å². The minimum atomic E-state index is -0.252. The number of methoxy groups -OCH3 is 1. The third kappa shape index (κ3) is 4.99. The van der Waals surface area contributed by atoms with E-state index in [1.54, 1.807) is 7.11 Å². The third-order valence-electron chi connectivity index (χ3n) is 5.33. The molecule has 3 rings (SSSR count). The molecule has 1 aromatic carbocycles. The molecule has 0 radical (unpaired) electrons. The standard InChI is InChI=1S/C20H30N4O3/c1-3-21-19(23-14-20(26-2)8-10-27-11-9-20)22-13-15-12-18(25)24-17-7-5-4-6-16(15)17/h4-7,15H,3,8-14H2,1-2H3,(H,24,25)(H2,21,22,23). The number of ether oxygens (including phenoxy) is 2. The SMILES string of the molecule is CCNC(=NCC1(OC)CCOCC1)NCC1CC(=O)Nc2ccccc21. The zero-order valence-electron chi connectivity index (χ0n) is 16.2. The van der Waals surface area contributed by atoms with E-state index in [0.29, 0.717) is 32.7 Å². The predicted molar refractivity (Wildman–Crippen MR) is 106 cm³/mol. The first-order valence-electron chi connectivity index (χ1n) is 9.69. The van der Waals surface area contributed by atoms with Crippen molar-refractivity contribution in [2.75, 3.05) is 45.3 Å². The summed E-state index contributed by atoms with van der Waals surface area (Å²) in [6.07, 6.45) is 2.17. The zero-order chi connectivity index (χ0) is 19.1. The number of nitrogens with zero attached hydrogens (tertiary/aromatic N) is 1. The van der Waals surface area contributed by atoms with Crippen molar-refractivity contribution in [3.05, 3.63) is 29.8 Å². The molecule has 0 saturated carbocycles. The van der Waals surface area contributed by atoms with Gasteiger partial charge >= 0.3 is 0 Å². The van der Waals surface area contributed by atoms with E-state index < -0.39 is 0 Å². The average molecular weight is 374 g/mol. The molecule has 1 amide bonds. The molecule has 2 aliphatic rings. The summed E-state index contributed by atoms with van der Waals surface area (Å²) < 4.78 is 11.2. The molecule has 1 aromatic rings. The van der Waals surface area contributed by atoms with Gasteiger partial charge in [0.2, 0.25) is 5.91 Å². The van der Waals surface area contributed by atoms with E-state index in [1.807, 2.05) is 25.1 Å². The maximum Gasteiger partial charge on any atom is 0.225 e. The fraction of sp³-hybridized carbons (Fsp3) is 0.600. The second-order valence-corrected chi connectivity index (χ2v) is 7.11. The number of anilines is 1. The van der Waals surface area contributed by atoms with Crippen LogP contribution in [0.3, 0.4) is 0 Å².